The van der Waals surface area contributed by atoms with Crippen molar-refractivity contribution < 1.29 is 36.3 Å². The Hall–Kier alpha value is -0.890. The molecule has 0 amide bonds. The van der Waals surface area contributed by atoms with Crippen molar-refractivity contribution in [3.8, 4) is 0 Å². The third-order valence-electron chi connectivity index (χ3n) is 3.45. The summed E-state index contributed by atoms with van der Waals surface area (Å²) >= 11 is 0. The van der Waals surface area contributed by atoms with E-state index in [0.717, 1.165) is 7.11 Å². The maximum atomic E-state index is 13.9. The lowest BCUT2D eigenvalue weighted by atomic mass is 9.89. The molecule has 0 bridgehead atoms. The fourth-order valence-electron chi connectivity index (χ4n) is 2.59. The van der Waals surface area contributed by atoms with Crippen LogP contribution in [-0.4, -0.2) is 48.7 Å². The van der Waals surface area contributed by atoms with Gasteiger partial charge in [-0.1, -0.05) is 12.2 Å². The Labute approximate surface area is 133 Å². The van der Waals surface area contributed by atoms with E-state index in [1.165, 1.54) is 32.9 Å². The van der Waals surface area contributed by atoms with Gasteiger partial charge in [0.2, 0.25) is 5.54 Å². The number of esters is 1. The predicted molar refractivity (Wildman–Crippen MR) is 76.7 cm³/mol. The van der Waals surface area contributed by atoms with Crippen molar-refractivity contribution >= 4 is 13.7 Å². The molecule has 23 heavy (non-hydrogen) atoms. The van der Waals surface area contributed by atoms with Crippen LogP contribution in [0, 0.1) is 0 Å². The summed E-state index contributed by atoms with van der Waals surface area (Å²) in [4.78, 5) is 12.1. The number of carbonyl (C=O) groups is 1. The lowest BCUT2D eigenvalue weighted by Crippen LogP contribution is -2.66. The number of hydrogen-bond donors (Lipinski definition) is 0. The molecule has 1 aliphatic rings. The van der Waals surface area contributed by atoms with Gasteiger partial charge < -0.3 is 4.74 Å². The van der Waals surface area contributed by atoms with E-state index >= 15 is 0 Å². The summed E-state index contributed by atoms with van der Waals surface area (Å²) in [7, 11) is -3.52. The zero-order chi connectivity index (χ0) is 17.9. The normalized spacial score (nSPS) is 26.3. The molecule has 10 heteroatoms. The second-order valence-corrected chi connectivity index (χ2v) is 6.76. The van der Waals surface area contributed by atoms with E-state index in [2.05, 4.69) is 4.74 Å². The van der Waals surface area contributed by atoms with Gasteiger partial charge in [0, 0.05) is 12.5 Å². The van der Waals surface area contributed by atoms with Crippen molar-refractivity contribution in [1.29, 1.82) is 0 Å². The van der Waals surface area contributed by atoms with Crippen molar-refractivity contribution in [3.63, 3.8) is 0 Å². The monoisotopic (exact) mass is 359 g/mol. The van der Waals surface area contributed by atoms with Crippen LogP contribution in [0.2, 0.25) is 0 Å². The molecule has 0 spiro atoms. The molecule has 0 aromatic rings. The minimum atomic E-state index is -5.04. The average Bonchev–Trinajstić information content (AvgIpc) is 2.45. The summed E-state index contributed by atoms with van der Waals surface area (Å²) < 4.78 is 69.5. The number of halogens is 3. The smallest absolute Gasteiger partial charge is 0.418 e. The quantitative estimate of drug-likeness (QED) is 0.412. The predicted octanol–water partition coefficient (Wildman–Crippen LogP) is 3.29. The molecular weight excluding hydrogens is 338 g/mol. The standard InChI is InChI=1S/C13H21F3NO5P/c1-5-21-23(19,22-6-2)17-10(3)8-7-9-12(17,11(18)20-4)13(14,15)16/h7-8,10H,5-6,9H2,1-4H3. The Morgan fingerprint density at radius 3 is 2.26 bits per heavy atom. The zero-order valence-corrected chi connectivity index (χ0v) is 14.3. The molecular formula is C13H21F3NO5P. The Bertz CT molecular complexity index is 500. The highest BCUT2D eigenvalue weighted by Crippen LogP contribution is 2.61. The fourth-order valence-corrected chi connectivity index (χ4v) is 4.78. The number of hydrogen-bond acceptors (Lipinski definition) is 5. The lowest BCUT2D eigenvalue weighted by molar-refractivity contribution is -0.233. The van der Waals surface area contributed by atoms with Crippen molar-refractivity contribution in [2.75, 3.05) is 20.3 Å². The second-order valence-electron chi connectivity index (χ2n) is 4.87. The number of alkyl halides is 3. The minimum Gasteiger partial charge on any atom is -0.467 e. The maximum absolute atomic E-state index is 13.9. The Kier molecular flexibility index (Phi) is 6.43. The minimum absolute atomic E-state index is 0.140. The van der Waals surface area contributed by atoms with Crippen LogP contribution in [0.4, 0.5) is 13.2 Å². The molecule has 0 radical (unpaired) electrons. The molecule has 0 saturated carbocycles. The van der Waals surface area contributed by atoms with Crippen molar-refractivity contribution in [2.24, 2.45) is 0 Å². The summed E-state index contributed by atoms with van der Waals surface area (Å²) in [5, 5.41) is 0. The summed E-state index contributed by atoms with van der Waals surface area (Å²) in [6.45, 7) is 4.05. The van der Waals surface area contributed by atoms with E-state index in [1.54, 1.807) is 0 Å². The molecule has 6 nitrogen and oxygen atoms in total. The molecule has 1 rings (SSSR count). The van der Waals surface area contributed by atoms with E-state index in [-0.39, 0.29) is 13.2 Å². The first-order chi connectivity index (χ1) is 10.6. The number of carbonyl (C=O) groups excluding carboxylic acids is 1. The lowest BCUT2D eigenvalue weighted by Gasteiger charge is -2.47. The SMILES string of the molecule is CCOP(=O)(OCC)N1C(C)C=CCC1(C(=O)OC)C(F)(F)F. The largest absolute Gasteiger partial charge is 0.467 e. The van der Waals surface area contributed by atoms with Gasteiger partial charge in [-0.2, -0.15) is 17.8 Å². The summed E-state index contributed by atoms with van der Waals surface area (Å²) in [6, 6.07) is -1.01. The van der Waals surface area contributed by atoms with Gasteiger partial charge >= 0.3 is 19.9 Å². The molecule has 1 aliphatic heterocycles. The van der Waals surface area contributed by atoms with Gasteiger partial charge in [0.25, 0.3) is 0 Å². The van der Waals surface area contributed by atoms with Gasteiger partial charge in [-0.15, -0.1) is 0 Å². The topological polar surface area (TPSA) is 65.1 Å². The summed E-state index contributed by atoms with van der Waals surface area (Å²) in [5.74, 6) is -1.55. The molecule has 2 atom stereocenters. The zero-order valence-electron chi connectivity index (χ0n) is 13.4. The van der Waals surface area contributed by atoms with E-state index in [9.17, 15) is 22.5 Å². The van der Waals surface area contributed by atoms with Gasteiger partial charge in [-0.3, -0.25) is 9.05 Å². The summed E-state index contributed by atoms with van der Waals surface area (Å²) in [5.41, 5.74) is -3.13. The van der Waals surface area contributed by atoms with Crippen LogP contribution in [0.15, 0.2) is 12.2 Å². The second kappa shape index (κ2) is 7.34. The van der Waals surface area contributed by atoms with E-state index in [4.69, 9.17) is 9.05 Å². The van der Waals surface area contributed by atoms with Crippen LogP contribution in [0.5, 0.6) is 0 Å². The van der Waals surface area contributed by atoms with Crippen LogP contribution in [0.3, 0.4) is 0 Å². The first-order valence-corrected chi connectivity index (χ1v) is 8.61. The van der Waals surface area contributed by atoms with Crippen LogP contribution in [0.25, 0.3) is 0 Å². The van der Waals surface area contributed by atoms with E-state index in [0.29, 0.717) is 4.67 Å². The van der Waals surface area contributed by atoms with Crippen LogP contribution >= 0.6 is 7.75 Å². The Balaban J connectivity index is 3.61. The molecule has 0 aromatic heterocycles. The molecule has 2 unspecified atom stereocenters. The first kappa shape index (κ1) is 20.2. The van der Waals surface area contributed by atoms with Gasteiger partial charge in [0.15, 0.2) is 0 Å². The Morgan fingerprint density at radius 2 is 1.87 bits per heavy atom. The van der Waals surface area contributed by atoms with Gasteiger partial charge in [0.05, 0.1) is 20.3 Å². The molecule has 1 heterocycles. The van der Waals surface area contributed by atoms with Gasteiger partial charge in [-0.05, 0) is 20.8 Å². The van der Waals surface area contributed by atoms with Crippen molar-refractivity contribution in [1.82, 2.24) is 4.67 Å². The van der Waals surface area contributed by atoms with E-state index in [1.807, 2.05) is 0 Å². The molecule has 0 saturated heterocycles. The van der Waals surface area contributed by atoms with Crippen molar-refractivity contribution in [3.05, 3.63) is 12.2 Å². The summed E-state index contributed by atoms with van der Waals surface area (Å²) in [6.07, 6.45) is -3.15. The van der Waals surface area contributed by atoms with Gasteiger partial charge in [-0.25, -0.2) is 9.36 Å². The molecule has 0 aliphatic carbocycles. The number of ether oxygens (including phenoxy) is 1. The molecule has 0 aromatic carbocycles. The third kappa shape index (κ3) is 3.47. The first-order valence-electron chi connectivity index (χ1n) is 7.11. The highest BCUT2D eigenvalue weighted by molar-refractivity contribution is 7.51. The van der Waals surface area contributed by atoms with Crippen LogP contribution in [-0.2, 0) is 23.1 Å². The van der Waals surface area contributed by atoms with Crippen molar-refractivity contribution in [2.45, 2.75) is 44.9 Å². The van der Waals surface area contributed by atoms with E-state index < -0.39 is 37.9 Å². The highest BCUT2D eigenvalue weighted by atomic mass is 31.2. The number of rotatable bonds is 6. The highest BCUT2D eigenvalue weighted by Gasteiger charge is 2.70. The molecule has 134 valence electrons. The van der Waals surface area contributed by atoms with Crippen LogP contribution in [0.1, 0.15) is 27.2 Å². The maximum Gasteiger partial charge on any atom is 0.418 e. The third-order valence-corrected chi connectivity index (χ3v) is 5.85. The average molecular weight is 359 g/mol. The molecule has 0 fully saturated rings. The fraction of sp³-hybridized carbons (Fsp3) is 0.769. The van der Waals surface area contributed by atoms with Gasteiger partial charge in [0.1, 0.15) is 0 Å². The number of nitrogens with zero attached hydrogens (tertiary/aromatic N) is 1. The number of methoxy groups -OCH3 is 1. The Morgan fingerprint density at radius 1 is 1.35 bits per heavy atom. The van der Waals surface area contributed by atoms with Crippen LogP contribution < -0.4 is 0 Å². The molecule has 0 N–H and O–H groups in total.